The number of carbonyl (C=O) groups is 1. The Hall–Kier alpha value is -2.19. The van der Waals surface area contributed by atoms with Gasteiger partial charge in [0.1, 0.15) is 5.76 Å². The van der Waals surface area contributed by atoms with Gasteiger partial charge in [-0.3, -0.25) is 4.79 Å². The first-order chi connectivity index (χ1) is 11.7. The molecule has 25 heavy (non-hydrogen) atoms. The van der Waals surface area contributed by atoms with Gasteiger partial charge >= 0.3 is 0 Å². The summed E-state index contributed by atoms with van der Waals surface area (Å²) >= 11 is 0. The zero-order valence-electron chi connectivity index (χ0n) is 14.8. The molecule has 1 amide bonds. The van der Waals surface area contributed by atoms with E-state index in [4.69, 9.17) is 4.52 Å². The van der Waals surface area contributed by atoms with Crippen molar-refractivity contribution in [2.24, 2.45) is 0 Å². The predicted molar refractivity (Wildman–Crippen MR) is 93.8 cm³/mol. The van der Waals surface area contributed by atoms with Gasteiger partial charge in [0.15, 0.2) is 0 Å². The van der Waals surface area contributed by atoms with Crippen LogP contribution in [0.2, 0.25) is 0 Å². The van der Waals surface area contributed by atoms with Crippen LogP contribution in [-0.4, -0.2) is 32.6 Å². The average molecular weight is 365 g/mol. The summed E-state index contributed by atoms with van der Waals surface area (Å²) in [4.78, 5) is 12.2. The van der Waals surface area contributed by atoms with Crippen molar-refractivity contribution in [1.29, 1.82) is 0 Å². The first-order valence-corrected chi connectivity index (χ1v) is 9.44. The molecule has 0 bridgehead atoms. The number of sulfonamides is 1. The van der Waals surface area contributed by atoms with Gasteiger partial charge in [-0.1, -0.05) is 17.3 Å². The summed E-state index contributed by atoms with van der Waals surface area (Å²) in [6, 6.07) is 5.27. The van der Waals surface area contributed by atoms with Crippen molar-refractivity contribution < 1.29 is 17.7 Å². The average Bonchev–Trinajstić information content (AvgIpc) is 2.85. The molecule has 136 valence electrons. The highest BCUT2D eigenvalue weighted by atomic mass is 32.2. The van der Waals surface area contributed by atoms with Crippen molar-refractivity contribution in [1.82, 2.24) is 15.2 Å². The van der Waals surface area contributed by atoms with Crippen LogP contribution in [0.15, 0.2) is 27.6 Å². The first kappa shape index (κ1) is 19.1. The normalized spacial score (nSPS) is 11.5. The highest BCUT2D eigenvalue weighted by Gasteiger charge is 2.17. The van der Waals surface area contributed by atoms with Gasteiger partial charge in [-0.25, -0.2) is 13.1 Å². The molecular weight excluding hydrogens is 342 g/mol. The van der Waals surface area contributed by atoms with Crippen LogP contribution >= 0.6 is 0 Å². The van der Waals surface area contributed by atoms with E-state index in [1.54, 1.807) is 32.9 Å². The molecule has 2 rings (SSSR count). The SMILES string of the molecule is Cc1ccc(C)c(S(=O)(=O)NCCNC(=O)Cc2c(C)noc2C)c1. The van der Waals surface area contributed by atoms with Crippen molar-refractivity contribution in [3.05, 3.63) is 46.3 Å². The minimum Gasteiger partial charge on any atom is -0.361 e. The van der Waals surface area contributed by atoms with Gasteiger partial charge in [-0.05, 0) is 44.9 Å². The lowest BCUT2D eigenvalue weighted by Crippen LogP contribution is -2.35. The van der Waals surface area contributed by atoms with Gasteiger partial charge in [0.05, 0.1) is 17.0 Å². The van der Waals surface area contributed by atoms with Crippen molar-refractivity contribution in [3.8, 4) is 0 Å². The molecule has 1 aromatic heterocycles. The monoisotopic (exact) mass is 365 g/mol. The van der Waals surface area contributed by atoms with E-state index in [-0.39, 0.29) is 30.3 Å². The highest BCUT2D eigenvalue weighted by molar-refractivity contribution is 7.89. The quantitative estimate of drug-likeness (QED) is 0.725. The van der Waals surface area contributed by atoms with E-state index >= 15 is 0 Å². The van der Waals surface area contributed by atoms with E-state index in [0.717, 1.165) is 11.1 Å². The second kappa shape index (κ2) is 7.79. The maximum atomic E-state index is 12.4. The fraction of sp³-hybridized carbons (Fsp3) is 0.412. The number of benzene rings is 1. The number of nitrogens with one attached hydrogen (secondary N) is 2. The van der Waals surface area contributed by atoms with E-state index < -0.39 is 10.0 Å². The second-order valence-corrected chi connectivity index (χ2v) is 7.73. The number of nitrogens with zero attached hydrogens (tertiary/aromatic N) is 1. The summed E-state index contributed by atoms with van der Waals surface area (Å²) in [5.41, 5.74) is 3.00. The molecule has 0 aliphatic heterocycles. The third kappa shape index (κ3) is 4.90. The standard InChI is InChI=1S/C17H23N3O4S/c1-11-5-6-12(2)16(9-11)25(22,23)19-8-7-18-17(21)10-15-13(3)20-24-14(15)4/h5-6,9,19H,7-8,10H2,1-4H3,(H,18,21). The van der Waals surface area contributed by atoms with Gasteiger partial charge in [0, 0.05) is 18.7 Å². The van der Waals surface area contributed by atoms with Crippen LogP contribution in [-0.2, 0) is 21.2 Å². The number of hydrogen-bond donors (Lipinski definition) is 2. The molecule has 2 aromatic rings. The Morgan fingerprint density at radius 2 is 1.88 bits per heavy atom. The molecule has 2 N–H and O–H groups in total. The van der Waals surface area contributed by atoms with Crippen LogP contribution in [0.1, 0.15) is 28.1 Å². The number of rotatable bonds is 7. The molecule has 0 fully saturated rings. The smallest absolute Gasteiger partial charge is 0.240 e. The minimum absolute atomic E-state index is 0.114. The Bertz CT molecular complexity index is 853. The molecule has 0 saturated heterocycles. The minimum atomic E-state index is -3.60. The van der Waals surface area contributed by atoms with Gasteiger partial charge < -0.3 is 9.84 Å². The molecule has 1 aromatic carbocycles. The van der Waals surface area contributed by atoms with Gasteiger partial charge in [-0.15, -0.1) is 0 Å². The molecule has 1 heterocycles. The van der Waals surface area contributed by atoms with Crippen molar-refractivity contribution in [2.45, 2.75) is 39.0 Å². The van der Waals surface area contributed by atoms with Crippen LogP contribution in [0.25, 0.3) is 0 Å². The zero-order chi connectivity index (χ0) is 18.6. The fourth-order valence-corrected chi connectivity index (χ4v) is 3.80. The van der Waals surface area contributed by atoms with Crippen LogP contribution in [0.4, 0.5) is 0 Å². The van der Waals surface area contributed by atoms with Gasteiger partial charge in [0.25, 0.3) is 0 Å². The van der Waals surface area contributed by atoms with E-state index in [1.165, 1.54) is 0 Å². The lowest BCUT2D eigenvalue weighted by Gasteiger charge is -2.11. The molecule has 0 spiro atoms. The topological polar surface area (TPSA) is 101 Å². The van der Waals surface area contributed by atoms with Gasteiger partial charge in [0.2, 0.25) is 15.9 Å². The maximum absolute atomic E-state index is 12.4. The number of hydrogen-bond acceptors (Lipinski definition) is 5. The van der Waals surface area contributed by atoms with Crippen LogP contribution < -0.4 is 10.0 Å². The van der Waals surface area contributed by atoms with Crippen LogP contribution in [0, 0.1) is 27.7 Å². The third-order valence-electron chi connectivity index (χ3n) is 3.89. The summed E-state index contributed by atoms with van der Waals surface area (Å²) < 4.78 is 32.2. The summed E-state index contributed by atoms with van der Waals surface area (Å²) in [7, 11) is -3.60. The summed E-state index contributed by atoms with van der Waals surface area (Å²) in [6.07, 6.45) is 0.158. The number of carbonyl (C=O) groups excluding carboxylic acids is 1. The molecule has 0 saturated carbocycles. The van der Waals surface area contributed by atoms with Crippen LogP contribution in [0.5, 0.6) is 0 Å². The van der Waals surface area contributed by atoms with Gasteiger partial charge in [-0.2, -0.15) is 0 Å². The molecule has 8 heteroatoms. The molecule has 0 unspecified atom stereocenters. The Labute approximate surface area is 147 Å². The first-order valence-electron chi connectivity index (χ1n) is 7.96. The molecule has 0 radical (unpaired) electrons. The molecule has 7 nitrogen and oxygen atoms in total. The number of aromatic nitrogens is 1. The molecular formula is C17H23N3O4S. The van der Waals surface area contributed by atoms with Crippen molar-refractivity contribution in [3.63, 3.8) is 0 Å². The fourth-order valence-electron chi connectivity index (χ4n) is 2.44. The number of amides is 1. The summed E-state index contributed by atoms with van der Waals surface area (Å²) in [5.74, 6) is 0.406. The summed E-state index contributed by atoms with van der Waals surface area (Å²) in [5, 5.41) is 6.49. The summed E-state index contributed by atoms with van der Waals surface area (Å²) in [6.45, 7) is 7.43. The number of aryl methyl sites for hydroxylation is 4. The molecule has 0 aliphatic carbocycles. The third-order valence-corrected chi connectivity index (χ3v) is 5.49. The Morgan fingerprint density at radius 1 is 1.16 bits per heavy atom. The lowest BCUT2D eigenvalue weighted by molar-refractivity contribution is -0.120. The molecule has 0 atom stereocenters. The lowest BCUT2D eigenvalue weighted by atomic mass is 10.1. The van der Waals surface area contributed by atoms with Crippen LogP contribution in [0.3, 0.4) is 0 Å². The van der Waals surface area contributed by atoms with E-state index in [9.17, 15) is 13.2 Å². The Balaban J connectivity index is 1.86. The van der Waals surface area contributed by atoms with E-state index in [1.807, 2.05) is 13.0 Å². The van der Waals surface area contributed by atoms with Crippen molar-refractivity contribution >= 4 is 15.9 Å². The second-order valence-electron chi connectivity index (χ2n) is 6.00. The molecule has 0 aliphatic rings. The zero-order valence-corrected chi connectivity index (χ0v) is 15.7. The van der Waals surface area contributed by atoms with Crippen molar-refractivity contribution in [2.75, 3.05) is 13.1 Å². The highest BCUT2D eigenvalue weighted by Crippen LogP contribution is 2.16. The van der Waals surface area contributed by atoms with E-state index in [2.05, 4.69) is 15.2 Å². The Morgan fingerprint density at radius 3 is 2.52 bits per heavy atom. The predicted octanol–water partition coefficient (Wildman–Crippen LogP) is 1.55. The maximum Gasteiger partial charge on any atom is 0.240 e. The largest absolute Gasteiger partial charge is 0.361 e. The van der Waals surface area contributed by atoms with E-state index in [0.29, 0.717) is 17.0 Å². The Kier molecular flexibility index (Phi) is 5.97.